The van der Waals surface area contributed by atoms with Crippen molar-refractivity contribution in [1.82, 2.24) is 14.9 Å². The van der Waals surface area contributed by atoms with Crippen molar-refractivity contribution in [3.8, 4) is 11.6 Å². The minimum Gasteiger partial charge on any atom is -0.439 e. The van der Waals surface area contributed by atoms with E-state index in [1.54, 1.807) is 6.07 Å². The summed E-state index contributed by atoms with van der Waals surface area (Å²) in [6.07, 6.45) is 1.50. The van der Waals surface area contributed by atoms with Crippen LogP contribution in [0.4, 0.5) is 5.82 Å². The van der Waals surface area contributed by atoms with Crippen molar-refractivity contribution in [3.05, 3.63) is 76.6 Å². The van der Waals surface area contributed by atoms with Crippen molar-refractivity contribution >= 4 is 23.3 Å². The summed E-state index contributed by atoms with van der Waals surface area (Å²) < 4.78 is 5.90. The summed E-state index contributed by atoms with van der Waals surface area (Å²) in [7, 11) is 0. The summed E-state index contributed by atoms with van der Waals surface area (Å²) in [5, 5.41) is 0.697. The summed E-state index contributed by atoms with van der Waals surface area (Å²) >= 11 is 6.09. The molecule has 3 aromatic rings. The first-order chi connectivity index (χ1) is 14.9. The molecule has 1 aliphatic heterocycles. The van der Waals surface area contributed by atoms with E-state index in [2.05, 4.69) is 21.8 Å². The van der Waals surface area contributed by atoms with Gasteiger partial charge in [-0.2, -0.15) is 0 Å². The lowest BCUT2D eigenvalue weighted by atomic mass is 10.1. The number of amides is 1. The molecule has 2 aromatic carbocycles. The summed E-state index contributed by atoms with van der Waals surface area (Å²) in [5.41, 5.74) is 2.70. The molecule has 1 atom stereocenters. The van der Waals surface area contributed by atoms with Crippen LogP contribution in [0.1, 0.15) is 28.4 Å². The Kier molecular flexibility index (Phi) is 6.09. The van der Waals surface area contributed by atoms with Gasteiger partial charge in [0.05, 0.1) is 0 Å². The molecule has 31 heavy (non-hydrogen) atoms. The number of hydrogen-bond acceptors (Lipinski definition) is 5. The second kappa shape index (κ2) is 8.94. The second-order valence-electron chi connectivity index (χ2n) is 7.84. The van der Waals surface area contributed by atoms with Crippen molar-refractivity contribution in [3.63, 3.8) is 0 Å². The molecule has 1 aromatic heterocycles. The molecular formula is C24H25ClN4O2. The van der Waals surface area contributed by atoms with E-state index in [1.807, 2.05) is 61.2 Å². The number of piperazine rings is 1. The van der Waals surface area contributed by atoms with Crippen LogP contribution < -0.4 is 9.64 Å². The van der Waals surface area contributed by atoms with Gasteiger partial charge in [-0.25, -0.2) is 9.97 Å². The zero-order valence-corrected chi connectivity index (χ0v) is 18.6. The number of ether oxygens (including phenoxy) is 1. The molecule has 160 valence electrons. The third-order valence-corrected chi connectivity index (χ3v) is 5.99. The summed E-state index contributed by atoms with van der Waals surface area (Å²) in [4.78, 5) is 25.8. The predicted molar refractivity (Wildman–Crippen MR) is 122 cm³/mol. The third-order valence-electron chi connectivity index (χ3n) is 5.57. The van der Waals surface area contributed by atoms with E-state index in [9.17, 15) is 4.79 Å². The van der Waals surface area contributed by atoms with Crippen LogP contribution in [0.5, 0.6) is 11.6 Å². The Morgan fingerprint density at radius 1 is 1.06 bits per heavy atom. The average Bonchev–Trinajstić information content (AvgIpc) is 2.76. The Morgan fingerprint density at radius 3 is 2.61 bits per heavy atom. The summed E-state index contributed by atoms with van der Waals surface area (Å²) in [5.74, 6) is 2.01. The van der Waals surface area contributed by atoms with Crippen molar-refractivity contribution < 1.29 is 9.53 Å². The normalized spacial score (nSPS) is 16.3. The number of aryl methyl sites for hydroxylation is 2. The Bertz CT molecular complexity index is 1100. The average molecular weight is 437 g/mol. The molecule has 6 nitrogen and oxygen atoms in total. The van der Waals surface area contributed by atoms with Gasteiger partial charge in [0, 0.05) is 42.3 Å². The van der Waals surface area contributed by atoms with Gasteiger partial charge >= 0.3 is 0 Å². The van der Waals surface area contributed by atoms with Gasteiger partial charge < -0.3 is 14.5 Å². The highest BCUT2D eigenvalue weighted by Gasteiger charge is 2.29. The number of rotatable bonds is 4. The van der Waals surface area contributed by atoms with Gasteiger partial charge in [-0.15, -0.1) is 0 Å². The van der Waals surface area contributed by atoms with Gasteiger partial charge in [0.2, 0.25) is 5.88 Å². The SMILES string of the molecule is Cc1cc(Oc2cc(N3CCN(C(=O)c4ccccc4C)[C@@H](C)C3)ncn2)ccc1Cl. The maximum atomic E-state index is 13.0. The van der Waals surface area contributed by atoms with Crippen LogP contribution in [0.2, 0.25) is 5.02 Å². The number of carbonyl (C=O) groups excluding carboxylic acids is 1. The van der Waals surface area contributed by atoms with Crippen LogP contribution in [-0.4, -0.2) is 46.5 Å². The zero-order valence-electron chi connectivity index (χ0n) is 17.9. The Labute approximate surface area is 187 Å². The molecule has 1 amide bonds. The van der Waals surface area contributed by atoms with Gasteiger partial charge in [0.25, 0.3) is 5.91 Å². The Hall–Kier alpha value is -3.12. The maximum Gasteiger partial charge on any atom is 0.254 e. The molecule has 4 rings (SSSR count). The molecule has 7 heteroatoms. The highest BCUT2D eigenvalue weighted by Crippen LogP contribution is 2.27. The largest absolute Gasteiger partial charge is 0.439 e. The van der Waals surface area contributed by atoms with Gasteiger partial charge in [-0.1, -0.05) is 29.8 Å². The van der Waals surface area contributed by atoms with Gasteiger partial charge in [0.15, 0.2) is 0 Å². The molecule has 1 aliphatic rings. The van der Waals surface area contributed by atoms with Crippen molar-refractivity contribution in [2.24, 2.45) is 0 Å². The molecule has 1 fully saturated rings. The van der Waals surface area contributed by atoms with Crippen LogP contribution >= 0.6 is 11.6 Å². The molecule has 1 saturated heterocycles. The van der Waals surface area contributed by atoms with Crippen molar-refractivity contribution in [2.45, 2.75) is 26.8 Å². The fraction of sp³-hybridized carbons (Fsp3) is 0.292. The number of anilines is 1. The number of benzene rings is 2. The minimum atomic E-state index is 0.0547. The molecule has 0 unspecified atom stereocenters. The van der Waals surface area contributed by atoms with Crippen LogP contribution in [0.25, 0.3) is 0 Å². The standard InChI is InChI=1S/C24H25ClN4O2/c1-16-6-4-5-7-20(16)24(30)29-11-10-28(14-18(29)3)22-13-23(27-15-26-22)31-19-8-9-21(25)17(2)12-19/h4-9,12-13,15,18H,10-11,14H2,1-3H3/t18-/m0/s1. The number of hydrogen-bond donors (Lipinski definition) is 0. The maximum absolute atomic E-state index is 13.0. The van der Waals surface area contributed by atoms with E-state index >= 15 is 0 Å². The van der Waals surface area contributed by atoms with Crippen molar-refractivity contribution in [1.29, 1.82) is 0 Å². The number of carbonyl (C=O) groups is 1. The first kappa shape index (κ1) is 21.1. The van der Waals surface area contributed by atoms with E-state index in [1.165, 1.54) is 6.33 Å². The lowest BCUT2D eigenvalue weighted by Crippen LogP contribution is -2.54. The van der Waals surface area contributed by atoms with E-state index in [4.69, 9.17) is 16.3 Å². The third kappa shape index (κ3) is 4.64. The highest BCUT2D eigenvalue weighted by molar-refractivity contribution is 6.31. The van der Waals surface area contributed by atoms with E-state index in [0.717, 1.165) is 22.5 Å². The zero-order chi connectivity index (χ0) is 22.0. The first-order valence-electron chi connectivity index (χ1n) is 10.3. The van der Waals surface area contributed by atoms with E-state index < -0.39 is 0 Å². The number of halogens is 1. The van der Waals surface area contributed by atoms with Gasteiger partial charge in [-0.05, 0) is 56.2 Å². The smallest absolute Gasteiger partial charge is 0.254 e. The molecular weight excluding hydrogens is 412 g/mol. The van der Waals surface area contributed by atoms with Crippen LogP contribution in [0.3, 0.4) is 0 Å². The van der Waals surface area contributed by atoms with Crippen LogP contribution in [0.15, 0.2) is 54.9 Å². The highest BCUT2D eigenvalue weighted by atomic mass is 35.5. The van der Waals surface area contributed by atoms with E-state index in [-0.39, 0.29) is 11.9 Å². The molecule has 0 saturated carbocycles. The predicted octanol–water partition coefficient (Wildman–Crippen LogP) is 4.89. The lowest BCUT2D eigenvalue weighted by Gasteiger charge is -2.40. The van der Waals surface area contributed by atoms with Gasteiger partial charge in [-0.3, -0.25) is 4.79 Å². The molecule has 0 radical (unpaired) electrons. The quantitative estimate of drug-likeness (QED) is 0.582. The van der Waals surface area contributed by atoms with Crippen molar-refractivity contribution in [2.75, 3.05) is 24.5 Å². The lowest BCUT2D eigenvalue weighted by molar-refractivity contribution is 0.0673. The Balaban J connectivity index is 1.45. The second-order valence-corrected chi connectivity index (χ2v) is 8.24. The fourth-order valence-corrected chi connectivity index (χ4v) is 3.91. The Morgan fingerprint density at radius 2 is 1.87 bits per heavy atom. The number of nitrogens with zero attached hydrogens (tertiary/aromatic N) is 4. The molecule has 0 bridgehead atoms. The first-order valence-corrected chi connectivity index (χ1v) is 10.7. The molecule has 2 heterocycles. The summed E-state index contributed by atoms with van der Waals surface area (Å²) in [6, 6.07) is 15.1. The molecule has 0 spiro atoms. The fourth-order valence-electron chi connectivity index (χ4n) is 3.80. The monoisotopic (exact) mass is 436 g/mol. The van der Waals surface area contributed by atoms with Crippen LogP contribution in [-0.2, 0) is 0 Å². The molecule has 0 N–H and O–H groups in total. The number of aromatic nitrogens is 2. The van der Waals surface area contributed by atoms with Gasteiger partial charge in [0.1, 0.15) is 17.9 Å². The topological polar surface area (TPSA) is 58.6 Å². The van der Waals surface area contributed by atoms with E-state index in [0.29, 0.717) is 36.3 Å². The summed E-state index contributed by atoms with van der Waals surface area (Å²) in [6.45, 7) is 7.98. The van der Waals surface area contributed by atoms with Crippen LogP contribution in [0, 0.1) is 13.8 Å². The minimum absolute atomic E-state index is 0.0547. The molecule has 0 aliphatic carbocycles.